The van der Waals surface area contributed by atoms with Crippen molar-refractivity contribution in [1.82, 2.24) is 0 Å². The van der Waals surface area contributed by atoms with Crippen molar-refractivity contribution in [2.45, 2.75) is 23.5 Å². The summed E-state index contributed by atoms with van der Waals surface area (Å²) in [6.45, 7) is 0.779. The summed E-state index contributed by atoms with van der Waals surface area (Å²) >= 11 is 1.79. The Morgan fingerprint density at radius 3 is 2.37 bits per heavy atom. The van der Waals surface area contributed by atoms with Crippen molar-refractivity contribution < 1.29 is 17.2 Å². The Kier molecular flexibility index (Phi) is 6.57. The van der Waals surface area contributed by atoms with Gasteiger partial charge in [-0.1, -0.05) is 0 Å². The van der Waals surface area contributed by atoms with Crippen molar-refractivity contribution in [2.75, 3.05) is 23.9 Å². The highest BCUT2D eigenvalue weighted by atomic mass is 32.2. The second-order valence-electron chi connectivity index (χ2n) is 3.96. The highest BCUT2D eigenvalue weighted by Gasteiger charge is 2.26. The van der Waals surface area contributed by atoms with Crippen LogP contribution in [-0.2, 0) is 9.84 Å². The molecule has 0 aliphatic carbocycles. The van der Waals surface area contributed by atoms with Gasteiger partial charge in [0.15, 0.2) is 0 Å². The SMILES string of the molecule is CSCCCCNc1ccc(S(=O)(=O)C(F)F)cc1. The lowest BCUT2D eigenvalue weighted by atomic mass is 10.3. The molecule has 0 saturated heterocycles. The van der Waals surface area contributed by atoms with Crippen molar-refractivity contribution in [1.29, 1.82) is 0 Å². The topological polar surface area (TPSA) is 46.2 Å². The van der Waals surface area contributed by atoms with Gasteiger partial charge in [0.2, 0.25) is 9.84 Å². The number of anilines is 1. The third-order valence-electron chi connectivity index (χ3n) is 2.52. The lowest BCUT2D eigenvalue weighted by molar-refractivity contribution is 0.234. The van der Waals surface area contributed by atoms with Gasteiger partial charge in [0.05, 0.1) is 4.90 Å². The Labute approximate surface area is 116 Å². The highest BCUT2D eigenvalue weighted by molar-refractivity contribution is 7.98. The Morgan fingerprint density at radius 2 is 1.84 bits per heavy atom. The summed E-state index contributed by atoms with van der Waals surface area (Å²) in [5, 5.41) is 3.12. The number of sulfone groups is 1. The van der Waals surface area contributed by atoms with Crippen molar-refractivity contribution in [3.05, 3.63) is 24.3 Å². The maximum Gasteiger partial charge on any atom is 0.341 e. The molecule has 0 radical (unpaired) electrons. The van der Waals surface area contributed by atoms with Gasteiger partial charge in [-0.15, -0.1) is 0 Å². The standard InChI is InChI=1S/C12H17F2NO2S2/c1-18-9-3-2-8-15-10-4-6-11(7-5-10)19(16,17)12(13)14/h4-7,12,15H,2-3,8-9H2,1H3. The number of alkyl halides is 2. The highest BCUT2D eigenvalue weighted by Crippen LogP contribution is 2.20. The van der Waals surface area contributed by atoms with Crippen molar-refractivity contribution in [3.8, 4) is 0 Å². The minimum absolute atomic E-state index is 0.351. The molecule has 0 heterocycles. The first kappa shape index (κ1) is 16.2. The summed E-state index contributed by atoms with van der Waals surface area (Å²) in [6.07, 6.45) is 4.17. The smallest absolute Gasteiger partial charge is 0.341 e. The molecule has 3 nitrogen and oxygen atoms in total. The summed E-state index contributed by atoms with van der Waals surface area (Å²) in [4.78, 5) is -0.351. The summed E-state index contributed by atoms with van der Waals surface area (Å²) in [5.41, 5.74) is 0.734. The van der Waals surface area contributed by atoms with Gasteiger partial charge in [0.1, 0.15) is 0 Å². The van der Waals surface area contributed by atoms with E-state index < -0.39 is 15.6 Å². The van der Waals surface area contributed by atoms with Gasteiger partial charge in [-0.3, -0.25) is 0 Å². The first-order valence-electron chi connectivity index (χ1n) is 5.83. The molecule has 1 aromatic carbocycles. The number of benzene rings is 1. The average Bonchev–Trinajstić information content (AvgIpc) is 2.39. The van der Waals surface area contributed by atoms with Gasteiger partial charge in [0, 0.05) is 12.2 Å². The number of unbranched alkanes of at least 4 members (excludes halogenated alkanes) is 1. The van der Waals surface area contributed by atoms with E-state index in [9.17, 15) is 17.2 Å². The zero-order valence-corrected chi connectivity index (χ0v) is 12.2. The van der Waals surface area contributed by atoms with E-state index in [1.807, 2.05) is 0 Å². The predicted molar refractivity (Wildman–Crippen MR) is 75.7 cm³/mol. The maximum absolute atomic E-state index is 12.3. The van der Waals surface area contributed by atoms with Crippen LogP contribution >= 0.6 is 11.8 Å². The molecule has 1 N–H and O–H groups in total. The van der Waals surface area contributed by atoms with E-state index in [1.165, 1.54) is 24.3 Å². The average molecular weight is 309 g/mol. The predicted octanol–water partition coefficient (Wildman–Crippen LogP) is 3.24. The zero-order valence-electron chi connectivity index (χ0n) is 10.6. The molecule has 0 bridgehead atoms. The van der Waals surface area contributed by atoms with Crippen LogP contribution in [0, 0.1) is 0 Å². The van der Waals surface area contributed by atoms with E-state index in [1.54, 1.807) is 11.8 Å². The van der Waals surface area contributed by atoms with E-state index in [0.29, 0.717) is 0 Å². The zero-order chi connectivity index (χ0) is 14.3. The fraction of sp³-hybridized carbons (Fsp3) is 0.500. The second-order valence-corrected chi connectivity index (χ2v) is 6.86. The van der Waals surface area contributed by atoms with Gasteiger partial charge < -0.3 is 5.32 Å². The molecule has 1 aromatic rings. The van der Waals surface area contributed by atoms with Gasteiger partial charge in [0.25, 0.3) is 0 Å². The van der Waals surface area contributed by atoms with Crippen LogP contribution in [0.5, 0.6) is 0 Å². The fourth-order valence-corrected chi connectivity index (χ4v) is 2.68. The normalized spacial score (nSPS) is 11.8. The molecule has 108 valence electrons. The van der Waals surface area contributed by atoms with Gasteiger partial charge in [-0.2, -0.15) is 20.5 Å². The fourth-order valence-electron chi connectivity index (χ4n) is 1.47. The van der Waals surface area contributed by atoms with Crippen molar-refractivity contribution in [2.24, 2.45) is 0 Å². The van der Waals surface area contributed by atoms with Crippen LogP contribution in [-0.4, -0.2) is 32.7 Å². The van der Waals surface area contributed by atoms with E-state index in [0.717, 1.165) is 30.8 Å². The van der Waals surface area contributed by atoms with Crippen LogP contribution in [0.4, 0.5) is 14.5 Å². The van der Waals surface area contributed by atoms with Crippen LogP contribution in [0.2, 0.25) is 0 Å². The number of hydrogen-bond acceptors (Lipinski definition) is 4. The molecule has 0 fully saturated rings. The molecule has 0 unspecified atom stereocenters. The molecule has 1 rings (SSSR count). The number of halogens is 2. The Morgan fingerprint density at radius 1 is 1.21 bits per heavy atom. The van der Waals surface area contributed by atoms with Gasteiger partial charge in [-0.25, -0.2) is 8.42 Å². The Balaban J connectivity index is 2.53. The summed E-state index contributed by atoms with van der Waals surface area (Å²) < 4.78 is 47.0. The monoisotopic (exact) mass is 309 g/mol. The lowest BCUT2D eigenvalue weighted by Gasteiger charge is -2.07. The molecule has 0 saturated carbocycles. The molecule has 0 aromatic heterocycles. The van der Waals surface area contributed by atoms with Crippen molar-refractivity contribution >= 4 is 27.3 Å². The lowest BCUT2D eigenvalue weighted by Crippen LogP contribution is -2.11. The minimum atomic E-state index is -4.49. The Bertz CT molecular complexity index is 475. The molecule has 19 heavy (non-hydrogen) atoms. The van der Waals surface area contributed by atoms with Crippen LogP contribution in [0.15, 0.2) is 29.2 Å². The van der Waals surface area contributed by atoms with E-state index in [4.69, 9.17) is 0 Å². The molecule has 0 spiro atoms. The van der Waals surface area contributed by atoms with Gasteiger partial charge in [-0.05, 0) is 49.1 Å². The van der Waals surface area contributed by atoms with Crippen LogP contribution < -0.4 is 5.32 Å². The van der Waals surface area contributed by atoms with Crippen LogP contribution in [0.3, 0.4) is 0 Å². The number of thioether (sulfide) groups is 1. The third-order valence-corrected chi connectivity index (χ3v) is 4.62. The quantitative estimate of drug-likeness (QED) is 0.749. The third kappa shape index (κ3) is 4.99. The molecule has 0 aliphatic heterocycles. The molecular weight excluding hydrogens is 292 g/mol. The second kappa shape index (κ2) is 7.69. The Hall–Kier alpha value is -0.820. The maximum atomic E-state index is 12.3. The van der Waals surface area contributed by atoms with E-state index in [-0.39, 0.29) is 4.90 Å². The number of nitrogens with one attached hydrogen (secondary N) is 1. The van der Waals surface area contributed by atoms with Crippen molar-refractivity contribution in [3.63, 3.8) is 0 Å². The van der Waals surface area contributed by atoms with Crippen LogP contribution in [0.1, 0.15) is 12.8 Å². The summed E-state index contributed by atoms with van der Waals surface area (Å²) in [5.74, 6) is -2.27. The van der Waals surface area contributed by atoms with Gasteiger partial charge >= 0.3 is 5.76 Å². The minimum Gasteiger partial charge on any atom is -0.385 e. The first-order valence-corrected chi connectivity index (χ1v) is 8.77. The first-order chi connectivity index (χ1) is 8.98. The molecule has 0 amide bonds. The molecule has 7 heteroatoms. The van der Waals surface area contributed by atoms with E-state index in [2.05, 4.69) is 11.6 Å². The molecular formula is C12H17F2NO2S2. The molecule has 0 atom stereocenters. The number of hydrogen-bond donors (Lipinski definition) is 1. The largest absolute Gasteiger partial charge is 0.385 e. The van der Waals surface area contributed by atoms with E-state index >= 15 is 0 Å². The summed E-state index contributed by atoms with van der Waals surface area (Å²) in [6, 6.07) is 5.41. The van der Waals surface area contributed by atoms with Crippen LogP contribution in [0.25, 0.3) is 0 Å². The molecule has 0 aliphatic rings. The number of rotatable bonds is 8. The summed E-state index contributed by atoms with van der Waals surface area (Å²) in [7, 11) is -4.49.